The maximum Gasteiger partial charge on any atom is 0.419 e. The van der Waals surface area contributed by atoms with Crippen LogP contribution in [-0.4, -0.2) is 17.7 Å². The van der Waals surface area contributed by atoms with Crippen molar-refractivity contribution in [2.75, 3.05) is 13.1 Å². The number of aryl methyl sites for hydroxylation is 1. The van der Waals surface area contributed by atoms with Crippen LogP contribution in [-0.2, 0) is 13.0 Å². The van der Waals surface area contributed by atoms with Crippen LogP contribution < -0.4 is 11.1 Å². The molecule has 1 aromatic carbocycles. The minimum atomic E-state index is -2.91. The number of fused-ring (bicyclic) bond motifs is 1. The van der Waals surface area contributed by atoms with E-state index in [4.69, 9.17) is 4.42 Å². The molecule has 0 bridgehead atoms. The van der Waals surface area contributed by atoms with E-state index < -0.39 is 17.6 Å². The summed E-state index contributed by atoms with van der Waals surface area (Å²) >= 11 is 0. The summed E-state index contributed by atoms with van der Waals surface area (Å²) in [5, 5.41) is 2.94. The summed E-state index contributed by atoms with van der Waals surface area (Å²) in [7, 11) is 1.55. The van der Waals surface area contributed by atoms with Crippen molar-refractivity contribution < 1.29 is 13.2 Å². The number of alkyl halides is 2. The molecule has 1 aliphatic rings. The van der Waals surface area contributed by atoms with Crippen molar-refractivity contribution in [3.05, 3.63) is 34.3 Å². The van der Waals surface area contributed by atoms with Crippen LogP contribution in [0.5, 0.6) is 0 Å². The summed E-state index contributed by atoms with van der Waals surface area (Å²) in [4.78, 5) is 11.4. The van der Waals surface area contributed by atoms with Crippen molar-refractivity contribution in [3.63, 3.8) is 0 Å². The normalized spacial score (nSPS) is 20.3. The molecule has 1 atom stereocenters. The number of rotatable bonds is 2. The molecule has 1 saturated heterocycles. The van der Waals surface area contributed by atoms with Crippen LogP contribution >= 0.6 is 0 Å². The first kappa shape index (κ1) is 12.3. The predicted molar refractivity (Wildman–Crippen MR) is 66.3 cm³/mol. The van der Waals surface area contributed by atoms with Crippen LogP contribution in [0.25, 0.3) is 11.1 Å². The largest absolute Gasteiger partial charge is 0.419 e. The number of aromatic nitrogens is 1. The molecule has 2 aromatic rings. The zero-order valence-electron chi connectivity index (χ0n) is 10.5. The fraction of sp³-hybridized carbons (Fsp3) is 0.462. The smallest absolute Gasteiger partial charge is 0.408 e. The zero-order valence-corrected chi connectivity index (χ0v) is 10.5. The molecule has 6 heteroatoms. The van der Waals surface area contributed by atoms with Crippen LogP contribution in [0, 0.1) is 5.92 Å². The van der Waals surface area contributed by atoms with E-state index in [0.29, 0.717) is 25.0 Å². The van der Waals surface area contributed by atoms with Gasteiger partial charge in [0, 0.05) is 25.1 Å². The summed E-state index contributed by atoms with van der Waals surface area (Å²) in [6.45, 7) is 0.923. The molecule has 1 fully saturated rings. The van der Waals surface area contributed by atoms with Crippen molar-refractivity contribution in [3.8, 4) is 0 Å². The minimum Gasteiger partial charge on any atom is -0.408 e. The van der Waals surface area contributed by atoms with Crippen LogP contribution in [0.15, 0.2) is 27.4 Å². The summed E-state index contributed by atoms with van der Waals surface area (Å²) in [5.41, 5.74) is 0.632. The van der Waals surface area contributed by atoms with Crippen molar-refractivity contribution in [2.24, 2.45) is 13.0 Å². The monoisotopic (exact) mass is 268 g/mol. The summed E-state index contributed by atoms with van der Waals surface area (Å²) in [5.74, 6) is -4.16. The highest BCUT2D eigenvalue weighted by Gasteiger charge is 2.42. The average molecular weight is 268 g/mol. The van der Waals surface area contributed by atoms with E-state index in [1.165, 1.54) is 22.8 Å². The van der Waals surface area contributed by atoms with Gasteiger partial charge in [-0.1, -0.05) is 6.07 Å². The van der Waals surface area contributed by atoms with Crippen molar-refractivity contribution in [2.45, 2.75) is 12.3 Å². The van der Waals surface area contributed by atoms with Gasteiger partial charge in [-0.2, -0.15) is 0 Å². The third kappa shape index (κ3) is 1.87. The van der Waals surface area contributed by atoms with Gasteiger partial charge in [0.25, 0.3) is 5.92 Å². The molecule has 3 rings (SSSR count). The fourth-order valence-electron chi connectivity index (χ4n) is 2.54. The highest BCUT2D eigenvalue weighted by Crippen LogP contribution is 2.39. The van der Waals surface area contributed by atoms with E-state index in [0.717, 1.165) is 0 Å². The van der Waals surface area contributed by atoms with Gasteiger partial charge < -0.3 is 9.73 Å². The maximum atomic E-state index is 14.3. The lowest BCUT2D eigenvalue weighted by atomic mass is 9.93. The highest BCUT2D eigenvalue weighted by atomic mass is 19.3. The van der Waals surface area contributed by atoms with E-state index in [9.17, 15) is 13.6 Å². The first-order valence-corrected chi connectivity index (χ1v) is 6.19. The van der Waals surface area contributed by atoms with E-state index in [-0.39, 0.29) is 11.1 Å². The lowest BCUT2D eigenvalue weighted by Crippen LogP contribution is -2.27. The van der Waals surface area contributed by atoms with Crippen LogP contribution in [0.3, 0.4) is 0 Å². The number of hydrogen-bond acceptors (Lipinski definition) is 3. The first-order chi connectivity index (χ1) is 9.00. The number of nitrogens with zero attached hydrogens (tertiary/aromatic N) is 1. The van der Waals surface area contributed by atoms with E-state index >= 15 is 0 Å². The van der Waals surface area contributed by atoms with Gasteiger partial charge in [0.15, 0.2) is 5.58 Å². The number of nitrogens with one attached hydrogen (secondary N) is 1. The van der Waals surface area contributed by atoms with Crippen LogP contribution in [0.1, 0.15) is 12.0 Å². The van der Waals surface area contributed by atoms with Gasteiger partial charge >= 0.3 is 5.76 Å². The van der Waals surface area contributed by atoms with Crippen molar-refractivity contribution >= 4 is 11.1 Å². The SMILES string of the molecule is Cn1c(=O)oc2cc(C(F)(F)C3CCNC3)ccc21. The molecule has 0 aliphatic carbocycles. The van der Waals surface area contributed by atoms with Gasteiger partial charge in [0.2, 0.25) is 0 Å². The molecule has 0 spiro atoms. The maximum absolute atomic E-state index is 14.3. The van der Waals surface area contributed by atoms with Gasteiger partial charge in [0.05, 0.1) is 5.52 Å². The van der Waals surface area contributed by atoms with E-state index in [1.54, 1.807) is 7.05 Å². The molecule has 1 aliphatic heterocycles. The standard InChI is InChI=1S/C13H14F2N2O2/c1-17-10-3-2-8(6-11(10)19-12(17)18)13(14,15)9-4-5-16-7-9/h2-3,6,9,16H,4-5,7H2,1H3. The average Bonchev–Trinajstić information content (AvgIpc) is 2.99. The van der Waals surface area contributed by atoms with Gasteiger partial charge in [-0.3, -0.25) is 4.57 Å². The Bertz CT molecular complexity index is 669. The third-order valence-electron chi connectivity index (χ3n) is 3.75. The molecule has 0 radical (unpaired) electrons. The Kier molecular flexibility index (Phi) is 2.70. The number of oxazole rings is 1. The molecule has 0 saturated carbocycles. The number of hydrogen-bond donors (Lipinski definition) is 1. The minimum absolute atomic E-state index is 0.0944. The van der Waals surface area contributed by atoms with Gasteiger partial charge in [-0.15, -0.1) is 0 Å². The fourth-order valence-corrected chi connectivity index (χ4v) is 2.54. The van der Waals surface area contributed by atoms with Crippen molar-refractivity contribution in [1.82, 2.24) is 9.88 Å². The Morgan fingerprint density at radius 3 is 2.95 bits per heavy atom. The van der Waals surface area contributed by atoms with Crippen LogP contribution in [0.4, 0.5) is 8.78 Å². The molecule has 4 nitrogen and oxygen atoms in total. The lowest BCUT2D eigenvalue weighted by Gasteiger charge is -2.22. The number of halogens is 2. The predicted octanol–water partition coefficient (Wildman–Crippen LogP) is 1.83. The summed E-state index contributed by atoms with van der Waals surface area (Å²) in [6, 6.07) is 4.15. The third-order valence-corrected chi connectivity index (χ3v) is 3.75. The molecule has 0 amide bonds. The Balaban J connectivity index is 2.07. The Morgan fingerprint density at radius 2 is 2.26 bits per heavy atom. The van der Waals surface area contributed by atoms with E-state index in [2.05, 4.69) is 5.32 Å². The summed E-state index contributed by atoms with van der Waals surface area (Å²) < 4.78 is 34.9. The van der Waals surface area contributed by atoms with E-state index in [1.807, 2.05) is 0 Å². The molecular weight excluding hydrogens is 254 g/mol. The second kappa shape index (κ2) is 4.16. The molecule has 1 aromatic heterocycles. The Labute approximate surface area is 108 Å². The molecule has 1 N–H and O–H groups in total. The molecule has 19 heavy (non-hydrogen) atoms. The van der Waals surface area contributed by atoms with Crippen molar-refractivity contribution in [1.29, 1.82) is 0 Å². The second-order valence-electron chi connectivity index (χ2n) is 4.92. The van der Waals surface area contributed by atoms with Gasteiger partial charge in [0.1, 0.15) is 0 Å². The van der Waals surface area contributed by atoms with Gasteiger partial charge in [-0.25, -0.2) is 13.6 Å². The summed E-state index contributed by atoms with van der Waals surface area (Å²) in [6.07, 6.45) is 0.448. The molecule has 102 valence electrons. The first-order valence-electron chi connectivity index (χ1n) is 6.19. The molecular formula is C13H14F2N2O2. The molecule has 2 heterocycles. The number of benzene rings is 1. The lowest BCUT2D eigenvalue weighted by molar-refractivity contribution is -0.0575. The molecule has 1 unspecified atom stereocenters. The zero-order chi connectivity index (χ0) is 13.6. The van der Waals surface area contributed by atoms with Crippen LogP contribution in [0.2, 0.25) is 0 Å². The van der Waals surface area contributed by atoms with Gasteiger partial charge in [-0.05, 0) is 25.1 Å². The topological polar surface area (TPSA) is 47.2 Å². The quantitative estimate of drug-likeness (QED) is 0.904. The second-order valence-corrected chi connectivity index (χ2v) is 4.92. The highest BCUT2D eigenvalue weighted by molar-refractivity contribution is 5.73. The Hall–Kier alpha value is -1.69. The Morgan fingerprint density at radius 1 is 1.47 bits per heavy atom.